The molecule has 2 atom stereocenters. The molecule has 2 N–H and O–H groups in total. The lowest BCUT2D eigenvalue weighted by Gasteiger charge is -2.29. The molecule has 1 aromatic heterocycles. The van der Waals surface area contributed by atoms with E-state index < -0.39 is 12.1 Å². The van der Waals surface area contributed by atoms with Gasteiger partial charge in [-0.1, -0.05) is 18.2 Å². The molecule has 2 aromatic rings. The monoisotopic (exact) mass is 338 g/mol. The number of carbonyl (C=O) groups is 2. The SMILES string of the molecule is O=C1O[C@@H](C(=O)N[C@@H]2CCCc3[nH]c(=O)ccc32)Cc2ccccc21. The van der Waals surface area contributed by atoms with Crippen LogP contribution in [0.5, 0.6) is 0 Å². The number of H-pyrrole nitrogens is 1. The van der Waals surface area contributed by atoms with Crippen molar-refractivity contribution in [1.29, 1.82) is 0 Å². The van der Waals surface area contributed by atoms with E-state index in [4.69, 9.17) is 4.74 Å². The molecule has 4 rings (SSSR count). The molecule has 6 heteroatoms. The van der Waals surface area contributed by atoms with Gasteiger partial charge >= 0.3 is 5.97 Å². The van der Waals surface area contributed by atoms with E-state index in [1.165, 1.54) is 6.07 Å². The summed E-state index contributed by atoms with van der Waals surface area (Å²) < 4.78 is 5.31. The molecule has 0 saturated heterocycles. The van der Waals surface area contributed by atoms with Crippen LogP contribution in [0, 0.1) is 0 Å². The summed E-state index contributed by atoms with van der Waals surface area (Å²) in [5, 5.41) is 2.98. The Morgan fingerprint density at radius 3 is 2.88 bits per heavy atom. The highest BCUT2D eigenvalue weighted by atomic mass is 16.5. The second-order valence-corrected chi connectivity index (χ2v) is 6.47. The van der Waals surface area contributed by atoms with Crippen LogP contribution in [0.1, 0.15) is 46.1 Å². The number of carbonyl (C=O) groups excluding carboxylic acids is 2. The van der Waals surface area contributed by atoms with Gasteiger partial charge in [-0.15, -0.1) is 0 Å². The maximum Gasteiger partial charge on any atom is 0.339 e. The molecule has 0 saturated carbocycles. The minimum absolute atomic E-state index is 0.136. The minimum Gasteiger partial charge on any atom is -0.448 e. The van der Waals surface area contributed by atoms with E-state index in [1.54, 1.807) is 18.2 Å². The summed E-state index contributed by atoms with van der Waals surface area (Å²) in [7, 11) is 0. The largest absolute Gasteiger partial charge is 0.448 e. The molecule has 0 radical (unpaired) electrons. The van der Waals surface area contributed by atoms with Crippen LogP contribution < -0.4 is 10.9 Å². The molecule has 0 bridgehead atoms. The van der Waals surface area contributed by atoms with Gasteiger partial charge < -0.3 is 15.0 Å². The molecule has 128 valence electrons. The number of hydrogen-bond donors (Lipinski definition) is 2. The highest BCUT2D eigenvalue weighted by Gasteiger charge is 2.33. The lowest BCUT2D eigenvalue weighted by Crippen LogP contribution is -2.44. The first-order valence-corrected chi connectivity index (χ1v) is 8.43. The molecule has 1 aliphatic carbocycles. The van der Waals surface area contributed by atoms with Crippen LogP contribution in [0.2, 0.25) is 0 Å². The molecular weight excluding hydrogens is 320 g/mol. The van der Waals surface area contributed by atoms with Gasteiger partial charge in [-0.05, 0) is 42.5 Å². The lowest BCUT2D eigenvalue weighted by molar-refractivity contribution is -0.131. The molecule has 2 aliphatic rings. The van der Waals surface area contributed by atoms with Crippen molar-refractivity contribution in [3.8, 4) is 0 Å². The molecule has 1 aromatic carbocycles. The second-order valence-electron chi connectivity index (χ2n) is 6.47. The molecule has 0 fully saturated rings. The Balaban J connectivity index is 1.52. The van der Waals surface area contributed by atoms with Gasteiger partial charge in [-0.25, -0.2) is 4.79 Å². The van der Waals surface area contributed by atoms with Gasteiger partial charge in [0.1, 0.15) is 0 Å². The Morgan fingerprint density at radius 1 is 1.16 bits per heavy atom. The van der Waals surface area contributed by atoms with Gasteiger partial charge in [0.05, 0.1) is 11.6 Å². The number of pyridine rings is 1. The fourth-order valence-corrected chi connectivity index (χ4v) is 3.59. The second kappa shape index (κ2) is 6.20. The predicted octanol–water partition coefficient (Wildman–Crippen LogP) is 1.65. The first-order valence-electron chi connectivity index (χ1n) is 8.43. The fraction of sp³-hybridized carbons (Fsp3) is 0.316. The van der Waals surface area contributed by atoms with Crippen LogP contribution in [0.25, 0.3) is 0 Å². The zero-order valence-electron chi connectivity index (χ0n) is 13.6. The van der Waals surface area contributed by atoms with Crippen molar-refractivity contribution in [2.45, 2.75) is 37.8 Å². The van der Waals surface area contributed by atoms with Gasteiger partial charge in [0.15, 0.2) is 6.10 Å². The van der Waals surface area contributed by atoms with Crippen LogP contribution in [0.3, 0.4) is 0 Å². The summed E-state index contributed by atoms with van der Waals surface area (Å²) in [4.78, 5) is 39.0. The average molecular weight is 338 g/mol. The predicted molar refractivity (Wildman–Crippen MR) is 90.2 cm³/mol. The van der Waals surface area contributed by atoms with E-state index >= 15 is 0 Å². The number of aromatic amines is 1. The number of amides is 1. The highest BCUT2D eigenvalue weighted by molar-refractivity contribution is 5.95. The number of rotatable bonds is 2. The van der Waals surface area contributed by atoms with Crippen LogP contribution in [0.4, 0.5) is 0 Å². The topological polar surface area (TPSA) is 88.3 Å². The van der Waals surface area contributed by atoms with Crippen molar-refractivity contribution in [3.05, 3.63) is 69.1 Å². The third kappa shape index (κ3) is 2.95. The third-order valence-corrected chi connectivity index (χ3v) is 4.83. The first kappa shape index (κ1) is 15.6. The lowest BCUT2D eigenvalue weighted by atomic mass is 9.90. The summed E-state index contributed by atoms with van der Waals surface area (Å²) in [5.74, 6) is -0.762. The van der Waals surface area contributed by atoms with Gasteiger partial charge in [0.25, 0.3) is 5.91 Å². The van der Waals surface area contributed by atoms with Crippen LogP contribution in [0.15, 0.2) is 41.2 Å². The molecular formula is C19H18N2O4. The number of esters is 1. The number of cyclic esters (lactones) is 1. The Bertz CT molecular complexity index is 902. The molecule has 1 amide bonds. The van der Waals surface area contributed by atoms with Gasteiger partial charge in [0, 0.05) is 18.2 Å². The fourth-order valence-electron chi connectivity index (χ4n) is 3.59. The zero-order valence-corrected chi connectivity index (χ0v) is 13.6. The smallest absolute Gasteiger partial charge is 0.339 e. The van der Waals surface area contributed by atoms with Gasteiger partial charge in [-0.3, -0.25) is 9.59 Å². The number of benzene rings is 1. The average Bonchev–Trinajstić information content (AvgIpc) is 2.61. The molecule has 1 aliphatic heterocycles. The van der Waals surface area contributed by atoms with E-state index in [9.17, 15) is 14.4 Å². The minimum atomic E-state index is -0.824. The van der Waals surface area contributed by atoms with Crippen molar-refractivity contribution in [3.63, 3.8) is 0 Å². The van der Waals surface area contributed by atoms with E-state index in [0.717, 1.165) is 36.1 Å². The number of aryl methyl sites for hydroxylation is 1. The van der Waals surface area contributed by atoms with Crippen LogP contribution >= 0.6 is 0 Å². The van der Waals surface area contributed by atoms with Gasteiger partial charge in [-0.2, -0.15) is 0 Å². The van der Waals surface area contributed by atoms with Crippen molar-refractivity contribution in [1.82, 2.24) is 10.3 Å². The van der Waals surface area contributed by atoms with Crippen LogP contribution in [-0.4, -0.2) is 23.0 Å². The van der Waals surface area contributed by atoms with Gasteiger partial charge in [0.2, 0.25) is 5.56 Å². The number of hydrogen-bond acceptors (Lipinski definition) is 4. The van der Waals surface area contributed by atoms with Crippen LogP contribution in [-0.2, 0) is 22.4 Å². The summed E-state index contributed by atoms with van der Waals surface area (Å²) in [6.07, 6.45) is 2.02. The Morgan fingerprint density at radius 2 is 2.00 bits per heavy atom. The maximum atomic E-state index is 12.6. The van der Waals surface area contributed by atoms with Crippen molar-refractivity contribution < 1.29 is 14.3 Å². The first-order chi connectivity index (χ1) is 12.1. The van der Waals surface area contributed by atoms with Crippen molar-refractivity contribution >= 4 is 11.9 Å². The third-order valence-electron chi connectivity index (χ3n) is 4.83. The van der Waals surface area contributed by atoms with E-state index in [0.29, 0.717) is 12.0 Å². The molecule has 25 heavy (non-hydrogen) atoms. The number of ether oxygens (including phenoxy) is 1. The number of fused-ring (bicyclic) bond motifs is 2. The zero-order chi connectivity index (χ0) is 17.4. The highest BCUT2D eigenvalue weighted by Crippen LogP contribution is 2.28. The van der Waals surface area contributed by atoms with E-state index in [2.05, 4.69) is 10.3 Å². The molecule has 2 heterocycles. The Kier molecular flexibility index (Phi) is 3.87. The van der Waals surface area contributed by atoms with Crippen molar-refractivity contribution in [2.24, 2.45) is 0 Å². The maximum absolute atomic E-state index is 12.6. The Hall–Kier alpha value is -2.89. The summed E-state index contributed by atoms with van der Waals surface area (Å²) in [5.41, 5.74) is 3.01. The van der Waals surface area contributed by atoms with E-state index in [-0.39, 0.29) is 17.5 Å². The molecule has 0 unspecified atom stereocenters. The summed E-state index contributed by atoms with van der Waals surface area (Å²) in [6, 6.07) is 10.2. The Labute approximate surface area is 144 Å². The number of aromatic nitrogens is 1. The standard InChI is InChI=1S/C19H18N2O4/c22-17-9-8-13-14(20-17)6-3-7-15(13)21-18(23)16-10-11-4-1-2-5-12(11)19(24)25-16/h1-2,4-5,8-9,15-16H,3,6-7,10H2,(H,20,22)(H,21,23)/t15-,16-/m1/s1. The summed E-state index contributed by atoms with van der Waals surface area (Å²) >= 11 is 0. The normalized spacial score (nSPS) is 21.7. The number of nitrogens with one attached hydrogen (secondary N) is 2. The van der Waals surface area contributed by atoms with Crippen molar-refractivity contribution in [2.75, 3.05) is 0 Å². The quantitative estimate of drug-likeness (QED) is 0.815. The molecule has 6 nitrogen and oxygen atoms in total. The van der Waals surface area contributed by atoms with E-state index in [1.807, 2.05) is 12.1 Å². The molecule has 0 spiro atoms. The summed E-state index contributed by atoms with van der Waals surface area (Å²) in [6.45, 7) is 0.